The molecule has 0 unspecified atom stereocenters. The molecule has 0 aliphatic heterocycles. The maximum Gasteiger partial charge on any atom is 0.224 e. The second kappa shape index (κ2) is 7.60. The van der Waals surface area contributed by atoms with Crippen molar-refractivity contribution in [3.63, 3.8) is 0 Å². The number of pyridine rings is 1. The van der Waals surface area contributed by atoms with Crippen molar-refractivity contribution in [2.75, 3.05) is 5.32 Å². The summed E-state index contributed by atoms with van der Waals surface area (Å²) >= 11 is 0. The van der Waals surface area contributed by atoms with Crippen molar-refractivity contribution in [2.24, 2.45) is 0 Å². The van der Waals surface area contributed by atoms with Gasteiger partial charge in [0.05, 0.1) is 11.4 Å². The Morgan fingerprint density at radius 1 is 0.964 bits per heavy atom. The molecule has 140 valence electrons. The third-order valence-electron chi connectivity index (χ3n) is 4.44. The van der Waals surface area contributed by atoms with E-state index in [-0.39, 0.29) is 18.1 Å². The Morgan fingerprint density at radius 3 is 2.57 bits per heavy atom. The number of fused-ring (bicyclic) bond motifs is 1. The number of rotatable bonds is 5. The van der Waals surface area contributed by atoms with Crippen molar-refractivity contribution in [2.45, 2.75) is 12.8 Å². The van der Waals surface area contributed by atoms with Gasteiger partial charge in [-0.05, 0) is 61.0 Å². The van der Waals surface area contributed by atoms with Crippen LogP contribution in [-0.2, 0) is 11.2 Å². The van der Waals surface area contributed by atoms with Gasteiger partial charge in [0.1, 0.15) is 17.3 Å². The molecule has 2 heterocycles. The minimum atomic E-state index is -0.404. The number of halogens is 2. The summed E-state index contributed by atoms with van der Waals surface area (Å²) in [5.74, 6) is -0.941. The fraction of sp³-hybridized carbons (Fsp3) is 0.0909. The SMILES string of the molecule is O=C(CCc1c(-c2ccc(F)cc2)nc2ccccn12)Nc1cccc(F)c1. The zero-order valence-corrected chi connectivity index (χ0v) is 14.9. The van der Waals surface area contributed by atoms with E-state index in [0.717, 1.165) is 16.9 Å². The third-order valence-corrected chi connectivity index (χ3v) is 4.44. The van der Waals surface area contributed by atoms with Gasteiger partial charge >= 0.3 is 0 Å². The van der Waals surface area contributed by atoms with Crippen LogP contribution in [0.4, 0.5) is 14.5 Å². The van der Waals surface area contributed by atoms with E-state index in [2.05, 4.69) is 10.3 Å². The lowest BCUT2D eigenvalue weighted by atomic mass is 10.1. The van der Waals surface area contributed by atoms with Crippen molar-refractivity contribution in [3.8, 4) is 11.3 Å². The minimum Gasteiger partial charge on any atom is -0.326 e. The first kappa shape index (κ1) is 17.9. The Bertz CT molecular complexity index is 1140. The molecule has 4 nitrogen and oxygen atoms in total. The predicted molar refractivity (Wildman–Crippen MR) is 104 cm³/mol. The number of nitrogens with one attached hydrogen (secondary N) is 1. The molecule has 0 saturated heterocycles. The van der Waals surface area contributed by atoms with Crippen molar-refractivity contribution in [1.82, 2.24) is 9.38 Å². The average molecular weight is 377 g/mol. The summed E-state index contributed by atoms with van der Waals surface area (Å²) < 4.78 is 28.5. The molecule has 1 amide bonds. The Hall–Kier alpha value is -3.54. The number of aryl methyl sites for hydroxylation is 1. The van der Waals surface area contributed by atoms with Crippen LogP contribution >= 0.6 is 0 Å². The topological polar surface area (TPSA) is 46.4 Å². The molecule has 1 N–H and O–H groups in total. The van der Waals surface area contributed by atoms with Crippen LogP contribution in [0.2, 0.25) is 0 Å². The smallest absolute Gasteiger partial charge is 0.224 e. The molecule has 0 atom stereocenters. The van der Waals surface area contributed by atoms with Crippen LogP contribution < -0.4 is 5.32 Å². The van der Waals surface area contributed by atoms with E-state index in [1.54, 1.807) is 24.3 Å². The van der Waals surface area contributed by atoms with Crippen molar-refractivity contribution in [1.29, 1.82) is 0 Å². The Labute approximate surface area is 160 Å². The second-order valence-electron chi connectivity index (χ2n) is 6.40. The van der Waals surface area contributed by atoms with E-state index in [1.807, 2.05) is 28.8 Å². The zero-order chi connectivity index (χ0) is 19.5. The summed E-state index contributed by atoms with van der Waals surface area (Å²) in [5, 5.41) is 2.70. The molecule has 28 heavy (non-hydrogen) atoms. The van der Waals surface area contributed by atoms with E-state index in [1.165, 1.54) is 24.3 Å². The number of amides is 1. The largest absolute Gasteiger partial charge is 0.326 e. The van der Waals surface area contributed by atoms with Gasteiger partial charge < -0.3 is 9.72 Å². The molecular formula is C22H17F2N3O. The van der Waals surface area contributed by atoms with Gasteiger partial charge in [0.15, 0.2) is 0 Å². The monoisotopic (exact) mass is 377 g/mol. The lowest BCUT2D eigenvalue weighted by Crippen LogP contribution is -2.13. The number of carbonyl (C=O) groups is 1. The van der Waals surface area contributed by atoms with Gasteiger partial charge in [-0.2, -0.15) is 0 Å². The summed E-state index contributed by atoms with van der Waals surface area (Å²) in [6, 6.07) is 17.6. The number of aromatic nitrogens is 2. The molecule has 0 aliphatic carbocycles. The molecule has 0 aliphatic rings. The molecule has 0 saturated carbocycles. The number of imidazole rings is 1. The van der Waals surface area contributed by atoms with Crippen LogP contribution in [0.15, 0.2) is 72.9 Å². The lowest BCUT2D eigenvalue weighted by Gasteiger charge is -2.07. The molecule has 0 bridgehead atoms. The number of nitrogens with zero attached hydrogens (tertiary/aromatic N) is 2. The maximum absolute atomic E-state index is 13.3. The molecule has 0 fully saturated rings. The number of anilines is 1. The van der Waals surface area contributed by atoms with Crippen molar-refractivity contribution < 1.29 is 13.6 Å². The zero-order valence-electron chi connectivity index (χ0n) is 14.9. The highest BCUT2D eigenvalue weighted by molar-refractivity contribution is 5.90. The van der Waals surface area contributed by atoms with Crippen LogP contribution in [0.5, 0.6) is 0 Å². The van der Waals surface area contributed by atoms with Crippen LogP contribution in [-0.4, -0.2) is 15.3 Å². The Morgan fingerprint density at radius 2 is 1.79 bits per heavy atom. The fourth-order valence-corrected chi connectivity index (χ4v) is 3.15. The van der Waals surface area contributed by atoms with Crippen LogP contribution in [0.3, 0.4) is 0 Å². The van der Waals surface area contributed by atoms with E-state index in [4.69, 9.17) is 0 Å². The van der Waals surface area contributed by atoms with E-state index in [9.17, 15) is 13.6 Å². The first-order valence-corrected chi connectivity index (χ1v) is 8.87. The Kier molecular flexibility index (Phi) is 4.85. The van der Waals surface area contributed by atoms with Gasteiger partial charge in [0.25, 0.3) is 0 Å². The molecule has 0 spiro atoms. The quantitative estimate of drug-likeness (QED) is 0.540. The van der Waals surface area contributed by atoms with Crippen LogP contribution in [0.1, 0.15) is 12.1 Å². The third kappa shape index (κ3) is 3.76. The number of hydrogen-bond acceptors (Lipinski definition) is 2. The summed E-state index contributed by atoms with van der Waals surface area (Å²) in [5.41, 5.74) is 3.52. The number of carbonyl (C=O) groups excluding carboxylic acids is 1. The normalized spacial score (nSPS) is 10.9. The van der Waals surface area contributed by atoms with Gasteiger partial charge in [-0.25, -0.2) is 13.8 Å². The maximum atomic E-state index is 13.3. The fourth-order valence-electron chi connectivity index (χ4n) is 3.15. The predicted octanol–water partition coefficient (Wildman–Crippen LogP) is 4.85. The standard InChI is InChI=1S/C22H17F2N3O/c23-16-9-7-15(8-10-16)22-19(27-13-2-1-6-20(27)26-22)11-12-21(28)25-18-5-3-4-17(24)14-18/h1-10,13-14H,11-12H2,(H,25,28). The first-order chi connectivity index (χ1) is 13.6. The van der Waals surface area contributed by atoms with E-state index in [0.29, 0.717) is 17.8 Å². The average Bonchev–Trinajstić information content (AvgIpc) is 3.05. The van der Waals surface area contributed by atoms with Gasteiger partial charge in [-0.15, -0.1) is 0 Å². The highest BCUT2D eigenvalue weighted by atomic mass is 19.1. The van der Waals surface area contributed by atoms with Crippen molar-refractivity contribution >= 4 is 17.2 Å². The molecule has 0 radical (unpaired) electrons. The van der Waals surface area contributed by atoms with Gasteiger partial charge in [-0.3, -0.25) is 4.79 Å². The molecule has 6 heteroatoms. The molecule has 4 rings (SSSR count). The molecule has 4 aromatic rings. The highest BCUT2D eigenvalue weighted by Crippen LogP contribution is 2.26. The number of hydrogen-bond donors (Lipinski definition) is 1. The van der Waals surface area contributed by atoms with E-state index < -0.39 is 5.82 Å². The molecule has 2 aromatic carbocycles. The highest BCUT2D eigenvalue weighted by Gasteiger charge is 2.15. The van der Waals surface area contributed by atoms with Gasteiger partial charge in [-0.1, -0.05) is 12.1 Å². The van der Waals surface area contributed by atoms with Crippen molar-refractivity contribution in [3.05, 3.63) is 90.3 Å². The van der Waals surface area contributed by atoms with Crippen LogP contribution in [0.25, 0.3) is 16.9 Å². The number of benzene rings is 2. The van der Waals surface area contributed by atoms with Gasteiger partial charge in [0, 0.05) is 23.9 Å². The second-order valence-corrected chi connectivity index (χ2v) is 6.40. The summed E-state index contributed by atoms with van der Waals surface area (Å²) in [4.78, 5) is 17.0. The molecule has 2 aromatic heterocycles. The molecular weight excluding hydrogens is 360 g/mol. The first-order valence-electron chi connectivity index (χ1n) is 8.87. The minimum absolute atomic E-state index is 0.202. The Balaban J connectivity index is 1.59. The lowest BCUT2D eigenvalue weighted by molar-refractivity contribution is -0.116. The van der Waals surface area contributed by atoms with E-state index >= 15 is 0 Å². The summed E-state index contributed by atoms with van der Waals surface area (Å²) in [6.07, 6.45) is 2.52. The summed E-state index contributed by atoms with van der Waals surface area (Å²) in [6.45, 7) is 0. The summed E-state index contributed by atoms with van der Waals surface area (Å²) in [7, 11) is 0. The van der Waals surface area contributed by atoms with Gasteiger partial charge in [0.2, 0.25) is 5.91 Å². The van der Waals surface area contributed by atoms with Crippen LogP contribution in [0, 0.1) is 11.6 Å².